The molecule has 0 aromatic carbocycles. The zero-order chi connectivity index (χ0) is 8.43. The highest BCUT2D eigenvalue weighted by atomic mass is 16.4. The first-order chi connectivity index (χ1) is 5.16. The Morgan fingerprint density at radius 1 is 1.73 bits per heavy atom. The molecule has 11 heavy (non-hydrogen) atoms. The summed E-state index contributed by atoms with van der Waals surface area (Å²) in [5, 5.41) is 17.4. The van der Waals surface area contributed by atoms with E-state index >= 15 is 0 Å². The number of aliphatic hydroxyl groups is 1. The van der Waals surface area contributed by atoms with E-state index in [4.69, 9.17) is 10.2 Å². The van der Waals surface area contributed by atoms with Crippen LogP contribution in [0.15, 0.2) is 22.8 Å². The third-order valence-electron chi connectivity index (χ3n) is 1.81. The lowest BCUT2D eigenvalue weighted by atomic mass is 10.1. The Morgan fingerprint density at radius 3 is 2.73 bits per heavy atom. The van der Waals surface area contributed by atoms with E-state index in [9.17, 15) is 4.79 Å². The first-order valence-electron chi connectivity index (χ1n) is 3.40. The minimum atomic E-state index is -0.944. The Kier molecular flexibility index (Phi) is 2.10. The number of hydrogen-bond acceptors (Lipinski definition) is 2. The summed E-state index contributed by atoms with van der Waals surface area (Å²) >= 11 is 0. The molecule has 0 heterocycles. The predicted molar refractivity (Wildman–Crippen MR) is 40.1 cm³/mol. The van der Waals surface area contributed by atoms with Gasteiger partial charge in [0.2, 0.25) is 0 Å². The summed E-state index contributed by atoms with van der Waals surface area (Å²) in [6.45, 7) is 1.58. The van der Waals surface area contributed by atoms with Crippen molar-refractivity contribution in [3.63, 3.8) is 0 Å². The second-order valence-corrected chi connectivity index (χ2v) is 2.53. The van der Waals surface area contributed by atoms with Crippen LogP contribution in [0, 0.1) is 0 Å². The molecule has 0 unspecified atom stereocenters. The van der Waals surface area contributed by atoms with E-state index in [1.54, 1.807) is 6.92 Å². The molecule has 0 fully saturated rings. The Hall–Kier alpha value is -1.09. The molecule has 0 aromatic heterocycles. The summed E-state index contributed by atoms with van der Waals surface area (Å²) in [5.41, 5.74) is 1.64. The molecule has 0 radical (unpaired) electrons. The van der Waals surface area contributed by atoms with Crippen LogP contribution >= 0.6 is 0 Å². The van der Waals surface area contributed by atoms with Crippen molar-refractivity contribution in [2.24, 2.45) is 0 Å². The second-order valence-electron chi connectivity index (χ2n) is 2.53. The van der Waals surface area contributed by atoms with Crippen LogP contribution in [0.3, 0.4) is 0 Å². The molecule has 0 atom stereocenters. The number of allylic oxidation sites excluding steroid dienone is 1. The fourth-order valence-electron chi connectivity index (χ4n) is 1.22. The molecule has 0 saturated heterocycles. The predicted octanol–water partition coefficient (Wildman–Crippen LogP) is 0.710. The molecule has 3 heteroatoms. The van der Waals surface area contributed by atoms with Crippen molar-refractivity contribution in [1.29, 1.82) is 0 Å². The van der Waals surface area contributed by atoms with Crippen molar-refractivity contribution >= 4 is 5.97 Å². The van der Waals surface area contributed by atoms with Crippen molar-refractivity contribution in [1.82, 2.24) is 0 Å². The highest BCUT2D eigenvalue weighted by molar-refractivity contribution is 5.93. The molecule has 0 spiro atoms. The van der Waals surface area contributed by atoms with Crippen molar-refractivity contribution in [2.45, 2.75) is 13.3 Å². The van der Waals surface area contributed by atoms with E-state index in [-0.39, 0.29) is 12.2 Å². The molecular formula is C8H10O3. The fourth-order valence-corrected chi connectivity index (χ4v) is 1.22. The van der Waals surface area contributed by atoms with Gasteiger partial charge in [-0.05, 0) is 24.5 Å². The van der Waals surface area contributed by atoms with Crippen molar-refractivity contribution in [3.05, 3.63) is 22.8 Å². The smallest absolute Gasteiger partial charge is 0.335 e. The Morgan fingerprint density at radius 2 is 2.36 bits per heavy atom. The van der Waals surface area contributed by atoms with Gasteiger partial charge in [0, 0.05) is 0 Å². The van der Waals surface area contributed by atoms with Crippen LogP contribution in [-0.2, 0) is 4.79 Å². The lowest BCUT2D eigenvalue weighted by molar-refractivity contribution is -0.132. The zero-order valence-electron chi connectivity index (χ0n) is 6.29. The van der Waals surface area contributed by atoms with Gasteiger partial charge in [0.15, 0.2) is 0 Å². The number of hydrogen-bond donors (Lipinski definition) is 2. The molecule has 2 N–H and O–H groups in total. The summed E-state index contributed by atoms with van der Waals surface area (Å²) in [5.74, 6) is -0.944. The standard InChI is InChI=1S/C8H10O3/c1-5-2-3-6(4-9)7(5)8(10)11/h2,9H,3-4H2,1H3,(H,10,11). The largest absolute Gasteiger partial charge is 0.478 e. The van der Waals surface area contributed by atoms with Gasteiger partial charge in [-0.3, -0.25) is 0 Å². The van der Waals surface area contributed by atoms with E-state index in [1.807, 2.05) is 6.08 Å². The topological polar surface area (TPSA) is 57.5 Å². The maximum atomic E-state index is 10.6. The fraction of sp³-hybridized carbons (Fsp3) is 0.375. The number of rotatable bonds is 2. The van der Waals surface area contributed by atoms with Crippen molar-refractivity contribution in [3.8, 4) is 0 Å². The number of aliphatic carboxylic acids is 1. The van der Waals surface area contributed by atoms with Crippen LogP contribution in [0.25, 0.3) is 0 Å². The van der Waals surface area contributed by atoms with Crippen molar-refractivity contribution < 1.29 is 15.0 Å². The monoisotopic (exact) mass is 154 g/mol. The van der Waals surface area contributed by atoms with Crippen LogP contribution in [0.4, 0.5) is 0 Å². The SMILES string of the molecule is CC1=CCC(CO)=C1C(=O)O. The van der Waals surface area contributed by atoms with Crippen LogP contribution in [-0.4, -0.2) is 22.8 Å². The van der Waals surface area contributed by atoms with Crippen LogP contribution in [0.2, 0.25) is 0 Å². The lowest BCUT2D eigenvalue weighted by Crippen LogP contribution is -2.04. The summed E-state index contributed by atoms with van der Waals surface area (Å²) in [7, 11) is 0. The average Bonchev–Trinajstić information content (AvgIpc) is 2.30. The maximum absolute atomic E-state index is 10.6. The van der Waals surface area contributed by atoms with Crippen LogP contribution < -0.4 is 0 Å². The molecule has 0 aromatic rings. The van der Waals surface area contributed by atoms with Gasteiger partial charge in [-0.1, -0.05) is 6.08 Å². The molecule has 3 nitrogen and oxygen atoms in total. The Labute approximate surface area is 64.7 Å². The first kappa shape index (κ1) is 8.01. The average molecular weight is 154 g/mol. The quantitative estimate of drug-likeness (QED) is 0.615. The molecular weight excluding hydrogens is 144 g/mol. The summed E-state index contributed by atoms with van der Waals surface area (Å²) < 4.78 is 0. The highest BCUT2D eigenvalue weighted by Gasteiger charge is 2.19. The van der Waals surface area contributed by atoms with Gasteiger partial charge >= 0.3 is 5.97 Å². The van der Waals surface area contributed by atoms with E-state index in [0.29, 0.717) is 12.0 Å². The van der Waals surface area contributed by atoms with Gasteiger partial charge in [-0.2, -0.15) is 0 Å². The van der Waals surface area contributed by atoms with Crippen LogP contribution in [0.1, 0.15) is 13.3 Å². The number of carboxylic acids is 1. The molecule has 1 aliphatic rings. The normalized spacial score (nSPS) is 17.1. The van der Waals surface area contributed by atoms with Gasteiger partial charge in [-0.15, -0.1) is 0 Å². The minimum Gasteiger partial charge on any atom is -0.478 e. The summed E-state index contributed by atoms with van der Waals surface area (Å²) in [6, 6.07) is 0. The van der Waals surface area contributed by atoms with Gasteiger partial charge < -0.3 is 10.2 Å². The number of carbonyl (C=O) groups is 1. The van der Waals surface area contributed by atoms with Crippen molar-refractivity contribution in [2.75, 3.05) is 6.61 Å². The molecule has 0 aliphatic heterocycles. The molecule has 0 bridgehead atoms. The Balaban J connectivity index is 2.99. The third-order valence-corrected chi connectivity index (χ3v) is 1.81. The highest BCUT2D eigenvalue weighted by Crippen LogP contribution is 2.25. The van der Waals surface area contributed by atoms with E-state index in [2.05, 4.69) is 0 Å². The number of carboxylic acid groups (broad SMARTS) is 1. The molecule has 0 amide bonds. The van der Waals surface area contributed by atoms with E-state index in [0.717, 1.165) is 5.57 Å². The van der Waals surface area contributed by atoms with Gasteiger partial charge in [0.25, 0.3) is 0 Å². The first-order valence-corrected chi connectivity index (χ1v) is 3.40. The molecule has 1 aliphatic carbocycles. The minimum absolute atomic E-state index is 0.157. The zero-order valence-corrected chi connectivity index (χ0v) is 6.29. The summed E-state index contributed by atoms with van der Waals surface area (Å²) in [6.07, 6.45) is 2.39. The maximum Gasteiger partial charge on any atom is 0.335 e. The summed E-state index contributed by atoms with van der Waals surface area (Å²) in [4.78, 5) is 10.6. The lowest BCUT2D eigenvalue weighted by Gasteiger charge is -2.00. The third kappa shape index (κ3) is 1.33. The molecule has 0 saturated carbocycles. The number of aliphatic hydroxyl groups excluding tert-OH is 1. The second kappa shape index (κ2) is 2.88. The van der Waals surface area contributed by atoms with E-state index < -0.39 is 5.97 Å². The van der Waals surface area contributed by atoms with Gasteiger partial charge in [0.1, 0.15) is 0 Å². The van der Waals surface area contributed by atoms with Gasteiger partial charge in [0.05, 0.1) is 12.2 Å². The van der Waals surface area contributed by atoms with Gasteiger partial charge in [-0.25, -0.2) is 4.79 Å². The Bertz CT molecular complexity index is 248. The van der Waals surface area contributed by atoms with E-state index in [1.165, 1.54) is 0 Å². The molecule has 60 valence electrons. The van der Waals surface area contributed by atoms with Crippen LogP contribution in [0.5, 0.6) is 0 Å². The molecule has 1 rings (SSSR count).